The van der Waals surface area contributed by atoms with Gasteiger partial charge in [0.2, 0.25) is 5.78 Å². The zero-order valence-corrected chi connectivity index (χ0v) is 13.1. The highest BCUT2D eigenvalue weighted by Crippen LogP contribution is 2.21. The van der Waals surface area contributed by atoms with Crippen molar-refractivity contribution in [2.24, 2.45) is 5.92 Å². The molecule has 0 atom stereocenters. The maximum atomic E-state index is 4.55. The van der Waals surface area contributed by atoms with Crippen LogP contribution in [0.15, 0.2) is 47.3 Å². The minimum absolute atomic E-state index is 0.678. The van der Waals surface area contributed by atoms with Gasteiger partial charge in [0.25, 0.3) is 0 Å². The fourth-order valence-corrected chi connectivity index (χ4v) is 2.61. The second-order valence-electron chi connectivity index (χ2n) is 5.40. The van der Waals surface area contributed by atoms with E-state index in [1.165, 1.54) is 5.56 Å². The maximum absolute atomic E-state index is 4.55. The van der Waals surface area contributed by atoms with Crippen LogP contribution in [0.3, 0.4) is 0 Å². The molecule has 3 aromatic rings. The van der Waals surface area contributed by atoms with E-state index in [4.69, 9.17) is 0 Å². The molecule has 4 heteroatoms. The van der Waals surface area contributed by atoms with Crippen molar-refractivity contribution in [3.8, 4) is 11.3 Å². The topological polar surface area (TPSA) is 30.2 Å². The highest BCUT2D eigenvalue weighted by atomic mass is 79.9. The molecule has 0 aliphatic rings. The lowest BCUT2D eigenvalue weighted by molar-refractivity contribution is 0.647. The molecule has 0 aliphatic heterocycles. The molecule has 0 spiro atoms. The predicted octanol–water partition coefficient (Wildman–Crippen LogP) is 4.36. The lowest BCUT2D eigenvalue weighted by Crippen LogP contribution is -1.93. The van der Waals surface area contributed by atoms with Gasteiger partial charge in [0, 0.05) is 24.2 Å². The van der Waals surface area contributed by atoms with Crippen molar-refractivity contribution in [1.82, 2.24) is 14.4 Å². The van der Waals surface area contributed by atoms with Crippen molar-refractivity contribution in [3.63, 3.8) is 0 Å². The minimum Gasteiger partial charge on any atom is -0.289 e. The van der Waals surface area contributed by atoms with Gasteiger partial charge in [-0.15, -0.1) is 0 Å². The summed E-state index contributed by atoms with van der Waals surface area (Å²) in [4.78, 5) is 8.83. The van der Waals surface area contributed by atoms with E-state index in [0.29, 0.717) is 5.92 Å². The van der Waals surface area contributed by atoms with Crippen LogP contribution in [0, 0.1) is 5.92 Å². The minimum atomic E-state index is 0.678. The first-order valence-corrected chi connectivity index (χ1v) is 7.50. The Labute approximate surface area is 126 Å². The number of hydrogen-bond donors (Lipinski definition) is 0. The first kappa shape index (κ1) is 13.3. The smallest absolute Gasteiger partial charge is 0.234 e. The molecule has 0 fully saturated rings. The maximum Gasteiger partial charge on any atom is 0.234 e. The molecule has 20 heavy (non-hydrogen) atoms. The van der Waals surface area contributed by atoms with E-state index in [1.54, 1.807) is 6.20 Å². The van der Waals surface area contributed by atoms with Gasteiger partial charge in [0.1, 0.15) is 0 Å². The van der Waals surface area contributed by atoms with E-state index in [9.17, 15) is 0 Å². The molecule has 0 radical (unpaired) electrons. The average Bonchev–Trinajstić information content (AvgIpc) is 2.81. The summed E-state index contributed by atoms with van der Waals surface area (Å²) < 4.78 is 2.88. The van der Waals surface area contributed by atoms with Gasteiger partial charge in [0.15, 0.2) is 0 Å². The number of nitrogens with zero attached hydrogens (tertiary/aromatic N) is 3. The van der Waals surface area contributed by atoms with Crippen LogP contribution in [0.4, 0.5) is 0 Å². The highest BCUT2D eigenvalue weighted by Gasteiger charge is 2.06. The van der Waals surface area contributed by atoms with Crippen LogP contribution in [-0.4, -0.2) is 14.4 Å². The number of hydrogen-bond acceptors (Lipinski definition) is 2. The largest absolute Gasteiger partial charge is 0.289 e. The number of fused-ring (bicyclic) bond motifs is 1. The summed E-state index contributed by atoms with van der Waals surface area (Å²) in [5.41, 5.74) is 3.44. The van der Waals surface area contributed by atoms with E-state index >= 15 is 0 Å². The number of imidazole rings is 1. The van der Waals surface area contributed by atoms with Crippen molar-refractivity contribution in [3.05, 3.63) is 52.9 Å². The summed E-state index contributed by atoms with van der Waals surface area (Å²) in [7, 11) is 0. The lowest BCUT2D eigenvalue weighted by atomic mass is 10.0. The van der Waals surface area contributed by atoms with Crippen molar-refractivity contribution < 1.29 is 0 Å². The molecule has 0 saturated carbocycles. The van der Waals surface area contributed by atoms with E-state index in [2.05, 4.69) is 64.0 Å². The van der Waals surface area contributed by atoms with Gasteiger partial charge in [-0.25, -0.2) is 9.97 Å². The van der Waals surface area contributed by atoms with Crippen LogP contribution in [0.5, 0.6) is 0 Å². The third-order valence-corrected chi connectivity index (χ3v) is 3.58. The number of rotatable bonds is 3. The van der Waals surface area contributed by atoms with E-state index in [1.807, 2.05) is 16.8 Å². The van der Waals surface area contributed by atoms with E-state index in [-0.39, 0.29) is 0 Å². The molecular formula is C16H16BrN3. The Balaban J connectivity index is 1.94. The first-order chi connectivity index (χ1) is 9.61. The third-order valence-electron chi connectivity index (χ3n) is 3.17. The third kappa shape index (κ3) is 2.75. The molecule has 0 unspecified atom stereocenters. The van der Waals surface area contributed by atoms with Crippen molar-refractivity contribution in [1.29, 1.82) is 0 Å². The molecule has 0 bridgehead atoms. The second-order valence-corrected chi connectivity index (χ2v) is 6.32. The standard InChI is InChI=1S/C16H16BrN3/c1-11(2)7-12-3-5-13(6-4-12)15-10-20-9-14(17)8-18-16(20)19-15/h3-6,8-11H,7H2,1-2H3. The van der Waals surface area contributed by atoms with Gasteiger partial charge in [-0.3, -0.25) is 4.40 Å². The summed E-state index contributed by atoms with van der Waals surface area (Å²) in [5, 5.41) is 0. The Morgan fingerprint density at radius 1 is 1.15 bits per heavy atom. The average molecular weight is 330 g/mol. The Morgan fingerprint density at radius 2 is 1.90 bits per heavy atom. The molecule has 102 valence electrons. The highest BCUT2D eigenvalue weighted by molar-refractivity contribution is 9.10. The van der Waals surface area contributed by atoms with Gasteiger partial charge >= 0.3 is 0 Å². The van der Waals surface area contributed by atoms with Crippen LogP contribution in [-0.2, 0) is 6.42 Å². The lowest BCUT2D eigenvalue weighted by Gasteiger charge is -2.05. The zero-order chi connectivity index (χ0) is 14.1. The molecule has 0 N–H and O–H groups in total. The van der Waals surface area contributed by atoms with Crippen LogP contribution in [0.2, 0.25) is 0 Å². The van der Waals surface area contributed by atoms with Gasteiger partial charge in [-0.05, 0) is 33.8 Å². The normalized spacial score (nSPS) is 11.4. The summed E-state index contributed by atoms with van der Waals surface area (Å²) in [5.74, 6) is 1.40. The van der Waals surface area contributed by atoms with Crippen LogP contribution >= 0.6 is 15.9 Å². The summed E-state index contributed by atoms with van der Waals surface area (Å²) in [6.07, 6.45) is 6.84. The van der Waals surface area contributed by atoms with E-state index < -0.39 is 0 Å². The molecule has 0 aliphatic carbocycles. The van der Waals surface area contributed by atoms with Gasteiger partial charge in [-0.1, -0.05) is 38.1 Å². The van der Waals surface area contributed by atoms with Gasteiger partial charge in [0.05, 0.1) is 10.2 Å². The van der Waals surface area contributed by atoms with Crippen LogP contribution < -0.4 is 0 Å². The monoisotopic (exact) mass is 329 g/mol. The Morgan fingerprint density at radius 3 is 2.60 bits per heavy atom. The number of halogens is 1. The predicted molar refractivity (Wildman–Crippen MR) is 84.7 cm³/mol. The molecule has 2 heterocycles. The molecule has 0 amide bonds. The fourth-order valence-electron chi connectivity index (χ4n) is 2.28. The van der Waals surface area contributed by atoms with Crippen molar-refractivity contribution >= 4 is 21.7 Å². The number of benzene rings is 1. The molecule has 2 aromatic heterocycles. The van der Waals surface area contributed by atoms with Crippen molar-refractivity contribution in [2.45, 2.75) is 20.3 Å². The number of aromatic nitrogens is 3. The Bertz CT molecular complexity index is 729. The Kier molecular flexibility index (Phi) is 3.57. The van der Waals surface area contributed by atoms with Crippen LogP contribution in [0.1, 0.15) is 19.4 Å². The molecule has 0 saturated heterocycles. The SMILES string of the molecule is CC(C)Cc1ccc(-c2cn3cc(Br)cnc3n2)cc1. The summed E-state index contributed by atoms with van der Waals surface area (Å²) in [6.45, 7) is 4.47. The quantitative estimate of drug-likeness (QED) is 0.714. The zero-order valence-electron chi connectivity index (χ0n) is 11.5. The summed E-state index contributed by atoms with van der Waals surface area (Å²) >= 11 is 3.42. The van der Waals surface area contributed by atoms with Gasteiger partial charge < -0.3 is 0 Å². The summed E-state index contributed by atoms with van der Waals surface area (Å²) in [6, 6.07) is 8.63. The molecule has 3 nitrogen and oxygen atoms in total. The van der Waals surface area contributed by atoms with Crippen molar-refractivity contribution in [2.75, 3.05) is 0 Å². The first-order valence-electron chi connectivity index (χ1n) is 6.71. The van der Waals surface area contributed by atoms with Gasteiger partial charge in [-0.2, -0.15) is 0 Å². The molecule has 3 rings (SSSR count). The fraction of sp³-hybridized carbons (Fsp3) is 0.250. The van der Waals surface area contributed by atoms with Crippen LogP contribution in [0.25, 0.3) is 17.0 Å². The van der Waals surface area contributed by atoms with E-state index in [0.717, 1.165) is 27.9 Å². The molecular weight excluding hydrogens is 314 g/mol. The Hall–Kier alpha value is -1.68. The molecule has 1 aromatic carbocycles. The second kappa shape index (κ2) is 5.37.